The number of hydrogen-bond acceptors (Lipinski definition) is 3. The van der Waals surface area contributed by atoms with Crippen molar-refractivity contribution in [2.24, 2.45) is 0 Å². The highest BCUT2D eigenvalue weighted by Gasteiger charge is 2.27. The molecule has 0 atom stereocenters. The van der Waals surface area contributed by atoms with Crippen LogP contribution < -0.4 is 5.32 Å². The van der Waals surface area contributed by atoms with Crippen LogP contribution in [0.25, 0.3) is 0 Å². The lowest BCUT2D eigenvalue weighted by atomic mass is 10.1. The number of aliphatic hydroxyl groups excluding tert-OH is 1. The van der Waals surface area contributed by atoms with E-state index in [1.165, 1.54) is 0 Å². The Kier molecular flexibility index (Phi) is 4.35. The molecular weight excluding hydrogens is 180 g/mol. The maximum Gasteiger partial charge on any atom is 0.222 e. The van der Waals surface area contributed by atoms with Gasteiger partial charge in [0.25, 0.3) is 0 Å². The van der Waals surface area contributed by atoms with Crippen LogP contribution in [0.3, 0.4) is 0 Å². The molecule has 0 aromatic heterocycles. The zero-order valence-electron chi connectivity index (χ0n) is 8.99. The third-order valence-corrected chi connectivity index (χ3v) is 2.33. The Bertz CT molecular complexity index is 189. The summed E-state index contributed by atoms with van der Waals surface area (Å²) in [5.74, 6) is 0.167. The SMILES string of the molecule is CC(C)NCCCC(=O)N1CC(O)C1. The van der Waals surface area contributed by atoms with E-state index >= 15 is 0 Å². The van der Waals surface area contributed by atoms with Gasteiger partial charge in [-0.3, -0.25) is 4.79 Å². The Balaban J connectivity index is 1.99. The first-order valence-corrected chi connectivity index (χ1v) is 5.29. The minimum atomic E-state index is -0.285. The molecule has 2 N–H and O–H groups in total. The Labute approximate surface area is 85.3 Å². The van der Waals surface area contributed by atoms with Gasteiger partial charge >= 0.3 is 0 Å². The van der Waals surface area contributed by atoms with Gasteiger partial charge in [-0.25, -0.2) is 0 Å². The first-order chi connectivity index (χ1) is 6.59. The van der Waals surface area contributed by atoms with Crippen molar-refractivity contribution in [3.63, 3.8) is 0 Å². The number of nitrogens with zero attached hydrogens (tertiary/aromatic N) is 1. The molecule has 14 heavy (non-hydrogen) atoms. The second-order valence-electron chi connectivity index (χ2n) is 4.16. The van der Waals surface area contributed by atoms with Crippen molar-refractivity contribution in [1.29, 1.82) is 0 Å². The zero-order chi connectivity index (χ0) is 10.6. The van der Waals surface area contributed by atoms with Gasteiger partial charge in [0.2, 0.25) is 5.91 Å². The van der Waals surface area contributed by atoms with Gasteiger partial charge in [0.05, 0.1) is 6.10 Å². The van der Waals surface area contributed by atoms with Crippen molar-refractivity contribution in [2.75, 3.05) is 19.6 Å². The lowest BCUT2D eigenvalue weighted by Gasteiger charge is -2.35. The highest BCUT2D eigenvalue weighted by molar-refractivity contribution is 5.77. The first kappa shape index (κ1) is 11.5. The van der Waals surface area contributed by atoms with Gasteiger partial charge in [-0.1, -0.05) is 13.8 Å². The molecule has 1 aliphatic rings. The molecule has 0 aromatic carbocycles. The monoisotopic (exact) mass is 200 g/mol. The largest absolute Gasteiger partial charge is 0.389 e. The fourth-order valence-corrected chi connectivity index (χ4v) is 1.45. The fourth-order valence-electron chi connectivity index (χ4n) is 1.45. The molecule has 1 fully saturated rings. The third kappa shape index (κ3) is 3.64. The molecule has 1 heterocycles. The Morgan fingerprint density at radius 1 is 1.57 bits per heavy atom. The maximum absolute atomic E-state index is 11.4. The summed E-state index contributed by atoms with van der Waals surface area (Å²) in [5, 5.41) is 12.3. The number of hydrogen-bond donors (Lipinski definition) is 2. The summed E-state index contributed by atoms with van der Waals surface area (Å²) >= 11 is 0. The van der Waals surface area contributed by atoms with Crippen molar-refractivity contribution in [3.8, 4) is 0 Å². The fraction of sp³-hybridized carbons (Fsp3) is 0.900. The van der Waals surface area contributed by atoms with E-state index in [9.17, 15) is 4.79 Å². The number of rotatable bonds is 5. The van der Waals surface area contributed by atoms with Crippen LogP contribution in [0.2, 0.25) is 0 Å². The van der Waals surface area contributed by atoms with E-state index in [0.717, 1.165) is 13.0 Å². The quantitative estimate of drug-likeness (QED) is 0.613. The van der Waals surface area contributed by atoms with Gasteiger partial charge in [0.15, 0.2) is 0 Å². The van der Waals surface area contributed by atoms with Crippen molar-refractivity contribution < 1.29 is 9.90 Å². The molecule has 0 saturated carbocycles. The molecular formula is C10H20N2O2. The molecule has 0 spiro atoms. The molecule has 1 saturated heterocycles. The smallest absolute Gasteiger partial charge is 0.222 e. The number of carbonyl (C=O) groups excluding carboxylic acids is 1. The Morgan fingerprint density at radius 2 is 2.21 bits per heavy atom. The molecule has 1 aliphatic heterocycles. The number of β-amino-alcohol motifs (C(OH)–C–C–N with tert-alkyl or cyclic N) is 1. The second kappa shape index (κ2) is 5.32. The third-order valence-electron chi connectivity index (χ3n) is 2.33. The lowest BCUT2D eigenvalue weighted by molar-refractivity contribution is -0.141. The van der Waals surface area contributed by atoms with E-state index in [1.807, 2.05) is 0 Å². The summed E-state index contributed by atoms with van der Waals surface area (Å²) in [7, 11) is 0. The summed E-state index contributed by atoms with van der Waals surface area (Å²) in [5.41, 5.74) is 0. The standard InChI is InChI=1S/C10H20N2O2/c1-8(2)11-5-3-4-10(14)12-6-9(13)7-12/h8-9,11,13H,3-7H2,1-2H3. The molecule has 4 heteroatoms. The second-order valence-corrected chi connectivity index (χ2v) is 4.16. The molecule has 1 amide bonds. The minimum Gasteiger partial charge on any atom is -0.389 e. The lowest BCUT2D eigenvalue weighted by Crippen LogP contribution is -2.53. The van der Waals surface area contributed by atoms with E-state index in [0.29, 0.717) is 25.6 Å². The predicted octanol–water partition coefficient (Wildman–Crippen LogP) is -0.0323. The number of aliphatic hydroxyl groups is 1. The predicted molar refractivity (Wildman–Crippen MR) is 55.0 cm³/mol. The Hall–Kier alpha value is -0.610. The van der Waals surface area contributed by atoms with Gasteiger partial charge in [0, 0.05) is 25.6 Å². The normalized spacial score (nSPS) is 17.3. The number of carbonyl (C=O) groups is 1. The van der Waals surface area contributed by atoms with Gasteiger partial charge in [-0.05, 0) is 13.0 Å². The molecule has 4 nitrogen and oxygen atoms in total. The van der Waals surface area contributed by atoms with Gasteiger partial charge in [0.1, 0.15) is 0 Å². The average Bonchev–Trinajstić information content (AvgIpc) is 2.06. The summed E-state index contributed by atoms with van der Waals surface area (Å²) in [6, 6.07) is 0.482. The van der Waals surface area contributed by atoms with Gasteiger partial charge in [-0.2, -0.15) is 0 Å². The topological polar surface area (TPSA) is 52.6 Å². The molecule has 0 radical (unpaired) electrons. The maximum atomic E-state index is 11.4. The van der Waals surface area contributed by atoms with Crippen molar-refractivity contribution >= 4 is 5.91 Å². The zero-order valence-corrected chi connectivity index (χ0v) is 8.99. The summed E-state index contributed by atoms with van der Waals surface area (Å²) < 4.78 is 0. The van der Waals surface area contributed by atoms with Gasteiger partial charge in [-0.15, -0.1) is 0 Å². The van der Waals surface area contributed by atoms with E-state index in [4.69, 9.17) is 5.11 Å². The summed E-state index contributed by atoms with van der Waals surface area (Å²) in [6.07, 6.45) is 1.18. The average molecular weight is 200 g/mol. The molecule has 0 aromatic rings. The van der Waals surface area contributed by atoms with Crippen molar-refractivity contribution in [1.82, 2.24) is 10.2 Å². The first-order valence-electron chi connectivity index (χ1n) is 5.29. The van der Waals surface area contributed by atoms with Crippen LogP contribution in [-0.4, -0.2) is 47.7 Å². The molecule has 82 valence electrons. The van der Waals surface area contributed by atoms with Gasteiger partial charge < -0.3 is 15.3 Å². The van der Waals surface area contributed by atoms with Crippen LogP contribution in [0, 0.1) is 0 Å². The molecule has 0 bridgehead atoms. The van der Waals surface area contributed by atoms with E-state index in [1.54, 1.807) is 4.90 Å². The Morgan fingerprint density at radius 3 is 2.71 bits per heavy atom. The number of nitrogens with one attached hydrogen (secondary N) is 1. The summed E-state index contributed by atoms with van der Waals surface area (Å²) in [4.78, 5) is 13.1. The minimum absolute atomic E-state index is 0.167. The highest BCUT2D eigenvalue weighted by atomic mass is 16.3. The van der Waals surface area contributed by atoms with Crippen LogP contribution in [0.5, 0.6) is 0 Å². The molecule has 0 unspecified atom stereocenters. The van der Waals surface area contributed by atoms with Crippen LogP contribution in [0.4, 0.5) is 0 Å². The summed E-state index contributed by atoms with van der Waals surface area (Å²) in [6.45, 7) is 6.12. The van der Waals surface area contributed by atoms with Crippen LogP contribution in [0.1, 0.15) is 26.7 Å². The van der Waals surface area contributed by atoms with E-state index in [-0.39, 0.29) is 12.0 Å². The molecule has 0 aliphatic carbocycles. The van der Waals surface area contributed by atoms with E-state index in [2.05, 4.69) is 19.2 Å². The van der Waals surface area contributed by atoms with Crippen LogP contribution in [-0.2, 0) is 4.79 Å². The highest BCUT2D eigenvalue weighted by Crippen LogP contribution is 2.09. The van der Waals surface area contributed by atoms with E-state index < -0.39 is 0 Å². The number of amides is 1. The van der Waals surface area contributed by atoms with Crippen molar-refractivity contribution in [2.45, 2.75) is 38.8 Å². The molecule has 1 rings (SSSR count). The van der Waals surface area contributed by atoms with Crippen LogP contribution in [0.15, 0.2) is 0 Å². The van der Waals surface area contributed by atoms with Crippen LogP contribution >= 0.6 is 0 Å². The number of likely N-dealkylation sites (tertiary alicyclic amines) is 1. The van der Waals surface area contributed by atoms with Crippen molar-refractivity contribution in [3.05, 3.63) is 0 Å².